The van der Waals surface area contributed by atoms with Crippen molar-refractivity contribution in [3.05, 3.63) is 52.1 Å². The summed E-state index contributed by atoms with van der Waals surface area (Å²) in [5, 5.41) is 20.6. The van der Waals surface area contributed by atoms with Crippen LogP contribution in [0.15, 0.2) is 36.4 Å². The SMILES string of the molecule is O=C(O)c1cc([N+](=O)[O-])cc2ccccc12. The molecule has 0 unspecified atom stereocenters. The predicted molar refractivity (Wildman–Crippen MR) is 57.6 cm³/mol. The van der Waals surface area contributed by atoms with E-state index in [0.717, 1.165) is 6.07 Å². The maximum atomic E-state index is 11.0. The first-order chi connectivity index (χ1) is 7.59. The Morgan fingerprint density at radius 3 is 2.56 bits per heavy atom. The molecule has 1 N–H and O–H groups in total. The van der Waals surface area contributed by atoms with Gasteiger partial charge >= 0.3 is 5.97 Å². The second kappa shape index (κ2) is 3.62. The number of nitro groups is 1. The fourth-order valence-corrected chi connectivity index (χ4v) is 1.58. The highest BCUT2D eigenvalue weighted by Gasteiger charge is 2.15. The highest BCUT2D eigenvalue weighted by atomic mass is 16.6. The van der Waals surface area contributed by atoms with Crippen LogP contribution in [0.2, 0.25) is 0 Å². The molecule has 0 saturated heterocycles. The Balaban J connectivity index is 2.84. The van der Waals surface area contributed by atoms with Crippen LogP contribution in [0.4, 0.5) is 5.69 Å². The van der Waals surface area contributed by atoms with E-state index in [2.05, 4.69) is 0 Å². The van der Waals surface area contributed by atoms with Crippen LogP contribution >= 0.6 is 0 Å². The van der Waals surface area contributed by atoms with Gasteiger partial charge in [-0.15, -0.1) is 0 Å². The normalized spacial score (nSPS) is 10.2. The zero-order valence-electron chi connectivity index (χ0n) is 8.08. The van der Waals surface area contributed by atoms with E-state index >= 15 is 0 Å². The summed E-state index contributed by atoms with van der Waals surface area (Å²) in [6.07, 6.45) is 0. The molecule has 80 valence electrons. The largest absolute Gasteiger partial charge is 0.478 e. The van der Waals surface area contributed by atoms with Gasteiger partial charge in [-0.1, -0.05) is 24.3 Å². The summed E-state index contributed by atoms with van der Waals surface area (Å²) in [6.45, 7) is 0. The Kier molecular flexibility index (Phi) is 2.28. The Hall–Kier alpha value is -2.43. The van der Waals surface area contributed by atoms with Gasteiger partial charge in [0.1, 0.15) is 0 Å². The third-order valence-electron chi connectivity index (χ3n) is 2.29. The molecule has 0 spiro atoms. The topological polar surface area (TPSA) is 80.4 Å². The molecule has 0 aromatic heterocycles. The Morgan fingerprint density at radius 1 is 1.25 bits per heavy atom. The van der Waals surface area contributed by atoms with Crippen LogP contribution in [0.3, 0.4) is 0 Å². The average molecular weight is 217 g/mol. The van der Waals surface area contributed by atoms with Crippen LogP contribution in [0.1, 0.15) is 10.4 Å². The number of carboxylic acids is 1. The number of nitrogens with zero attached hydrogens (tertiary/aromatic N) is 1. The lowest BCUT2D eigenvalue weighted by molar-refractivity contribution is -0.384. The van der Waals surface area contributed by atoms with E-state index in [1.165, 1.54) is 6.07 Å². The van der Waals surface area contributed by atoms with E-state index in [4.69, 9.17) is 5.11 Å². The second-order valence-electron chi connectivity index (χ2n) is 3.28. The van der Waals surface area contributed by atoms with E-state index in [9.17, 15) is 14.9 Å². The van der Waals surface area contributed by atoms with Crippen LogP contribution in [-0.2, 0) is 0 Å². The van der Waals surface area contributed by atoms with Crippen molar-refractivity contribution >= 4 is 22.4 Å². The molecule has 0 fully saturated rings. The maximum Gasteiger partial charge on any atom is 0.336 e. The van der Waals surface area contributed by atoms with Crippen LogP contribution in [-0.4, -0.2) is 16.0 Å². The number of aromatic carboxylic acids is 1. The minimum absolute atomic E-state index is 0.0511. The summed E-state index contributed by atoms with van der Waals surface area (Å²) in [4.78, 5) is 21.0. The molecule has 0 aliphatic rings. The van der Waals surface area contributed by atoms with Crippen LogP contribution in [0.5, 0.6) is 0 Å². The monoisotopic (exact) mass is 217 g/mol. The lowest BCUT2D eigenvalue weighted by Gasteiger charge is -2.02. The van der Waals surface area contributed by atoms with Gasteiger partial charge in [-0.3, -0.25) is 10.1 Å². The lowest BCUT2D eigenvalue weighted by Crippen LogP contribution is -1.99. The van der Waals surface area contributed by atoms with Crippen LogP contribution in [0, 0.1) is 10.1 Å². The molecule has 16 heavy (non-hydrogen) atoms. The van der Waals surface area contributed by atoms with Crippen molar-refractivity contribution in [2.24, 2.45) is 0 Å². The van der Waals surface area contributed by atoms with Gasteiger partial charge in [0.2, 0.25) is 0 Å². The van der Waals surface area contributed by atoms with E-state index in [1.54, 1.807) is 24.3 Å². The number of carbonyl (C=O) groups is 1. The van der Waals surface area contributed by atoms with Crippen molar-refractivity contribution < 1.29 is 14.8 Å². The molecule has 2 aromatic carbocycles. The highest BCUT2D eigenvalue weighted by molar-refractivity contribution is 6.04. The van der Waals surface area contributed by atoms with E-state index < -0.39 is 10.9 Å². The smallest absolute Gasteiger partial charge is 0.336 e. The standard InChI is InChI=1S/C11H7NO4/c13-11(14)10-6-8(12(15)16)5-7-3-1-2-4-9(7)10/h1-6H,(H,13,14). The molecule has 0 aliphatic heterocycles. The van der Waals surface area contributed by atoms with Crippen molar-refractivity contribution in [2.75, 3.05) is 0 Å². The number of carboxylic acid groups (broad SMARTS) is 1. The number of non-ortho nitro benzene ring substituents is 1. The molecule has 5 heteroatoms. The van der Waals surface area contributed by atoms with Crippen LogP contribution in [0.25, 0.3) is 10.8 Å². The molecule has 2 rings (SSSR count). The maximum absolute atomic E-state index is 11.0. The Bertz CT molecular complexity index is 592. The van der Waals surface area contributed by atoms with Crippen LogP contribution < -0.4 is 0 Å². The molecule has 0 atom stereocenters. The molecule has 0 saturated carbocycles. The van der Waals surface area contributed by atoms with Gasteiger partial charge in [-0.2, -0.15) is 0 Å². The van der Waals surface area contributed by atoms with Gasteiger partial charge in [-0.05, 0) is 10.8 Å². The molecule has 0 aliphatic carbocycles. The van der Waals surface area contributed by atoms with Crippen molar-refractivity contribution in [3.8, 4) is 0 Å². The summed E-state index contributed by atoms with van der Waals surface area (Å²) in [6, 6.07) is 9.11. The van der Waals surface area contributed by atoms with Crippen molar-refractivity contribution in [1.82, 2.24) is 0 Å². The first-order valence-corrected chi connectivity index (χ1v) is 4.50. The third kappa shape index (κ3) is 1.58. The summed E-state index contributed by atoms with van der Waals surface area (Å²) < 4.78 is 0. The minimum Gasteiger partial charge on any atom is -0.478 e. The van der Waals surface area contributed by atoms with Gasteiger partial charge in [0.05, 0.1) is 10.5 Å². The van der Waals surface area contributed by atoms with Crippen molar-refractivity contribution in [2.45, 2.75) is 0 Å². The number of nitro benzene ring substituents is 1. The van der Waals surface area contributed by atoms with Gasteiger partial charge < -0.3 is 5.11 Å². The lowest BCUT2D eigenvalue weighted by atomic mass is 10.0. The fraction of sp³-hybridized carbons (Fsp3) is 0. The number of fused-ring (bicyclic) bond motifs is 1. The first kappa shape index (κ1) is 10.1. The highest BCUT2D eigenvalue weighted by Crippen LogP contribution is 2.25. The summed E-state index contributed by atoms with van der Waals surface area (Å²) in [7, 11) is 0. The summed E-state index contributed by atoms with van der Waals surface area (Å²) in [5.41, 5.74) is -0.263. The quantitative estimate of drug-likeness (QED) is 0.618. The van der Waals surface area contributed by atoms with Gasteiger partial charge in [0.25, 0.3) is 5.69 Å². The van der Waals surface area contributed by atoms with Crippen molar-refractivity contribution in [3.63, 3.8) is 0 Å². The number of hydrogen-bond acceptors (Lipinski definition) is 3. The van der Waals surface area contributed by atoms with Crippen molar-refractivity contribution in [1.29, 1.82) is 0 Å². The first-order valence-electron chi connectivity index (χ1n) is 4.50. The summed E-state index contributed by atoms with van der Waals surface area (Å²) >= 11 is 0. The molecule has 0 bridgehead atoms. The van der Waals surface area contributed by atoms with E-state index in [1.807, 2.05) is 0 Å². The minimum atomic E-state index is -1.17. The molecular formula is C11H7NO4. The zero-order chi connectivity index (χ0) is 11.7. The number of benzene rings is 2. The zero-order valence-corrected chi connectivity index (χ0v) is 8.08. The summed E-state index contributed by atoms with van der Waals surface area (Å²) in [5.74, 6) is -1.17. The average Bonchev–Trinajstić information content (AvgIpc) is 2.27. The molecule has 5 nitrogen and oxygen atoms in total. The Labute approximate surface area is 90.1 Å². The van der Waals surface area contributed by atoms with Gasteiger partial charge in [-0.25, -0.2) is 4.79 Å². The van der Waals surface area contributed by atoms with E-state index in [0.29, 0.717) is 10.8 Å². The second-order valence-corrected chi connectivity index (χ2v) is 3.28. The molecule has 0 amide bonds. The van der Waals surface area contributed by atoms with E-state index in [-0.39, 0.29) is 11.3 Å². The van der Waals surface area contributed by atoms with Gasteiger partial charge in [0, 0.05) is 12.1 Å². The number of rotatable bonds is 2. The fourth-order valence-electron chi connectivity index (χ4n) is 1.58. The molecule has 0 heterocycles. The third-order valence-corrected chi connectivity index (χ3v) is 2.29. The molecule has 2 aromatic rings. The number of hydrogen-bond donors (Lipinski definition) is 1. The van der Waals surface area contributed by atoms with Gasteiger partial charge in [0.15, 0.2) is 0 Å². The predicted octanol–water partition coefficient (Wildman–Crippen LogP) is 2.45. The molecular weight excluding hydrogens is 210 g/mol. The Morgan fingerprint density at radius 2 is 1.94 bits per heavy atom. The molecule has 0 radical (unpaired) electrons.